The van der Waals surface area contributed by atoms with Gasteiger partial charge in [-0.25, -0.2) is 9.78 Å². The standard InChI is InChI=1S/C11H9NO2.C2H6/c1-7-2-3-8-4-5-12-10(11(13)14)9(8)6-7;1-2/h2-6H,1H3,(H,13,14);1-2H3. The van der Waals surface area contributed by atoms with E-state index in [4.69, 9.17) is 5.11 Å². The van der Waals surface area contributed by atoms with Gasteiger partial charge in [-0.1, -0.05) is 31.5 Å². The SMILES string of the molecule is CC.Cc1ccc2ccnc(C(=O)O)c2c1. The molecule has 1 N–H and O–H groups in total. The second kappa shape index (κ2) is 5.26. The van der Waals surface area contributed by atoms with E-state index in [0.717, 1.165) is 10.9 Å². The zero-order valence-electron chi connectivity index (χ0n) is 9.69. The van der Waals surface area contributed by atoms with Crippen LogP contribution in [0.1, 0.15) is 29.9 Å². The largest absolute Gasteiger partial charge is 0.476 e. The van der Waals surface area contributed by atoms with Crippen molar-refractivity contribution < 1.29 is 9.90 Å². The number of aromatic carboxylic acids is 1. The highest BCUT2D eigenvalue weighted by molar-refractivity contribution is 6.01. The third kappa shape index (κ3) is 2.37. The summed E-state index contributed by atoms with van der Waals surface area (Å²) in [6, 6.07) is 7.50. The van der Waals surface area contributed by atoms with E-state index in [2.05, 4.69) is 4.98 Å². The van der Waals surface area contributed by atoms with Crippen LogP contribution in [0.5, 0.6) is 0 Å². The van der Waals surface area contributed by atoms with Gasteiger partial charge in [-0.05, 0) is 24.4 Å². The van der Waals surface area contributed by atoms with Crippen molar-refractivity contribution in [1.29, 1.82) is 0 Å². The Labute approximate surface area is 94.8 Å². The van der Waals surface area contributed by atoms with Crippen molar-refractivity contribution in [3.05, 3.63) is 41.7 Å². The normalized spacial score (nSPS) is 9.44. The monoisotopic (exact) mass is 217 g/mol. The Morgan fingerprint density at radius 3 is 2.56 bits per heavy atom. The lowest BCUT2D eigenvalue weighted by atomic mass is 10.1. The van der Waals surface area contributed by atoms with Gasteiger partial charge in [0.2, 0.25) is 0 Å². The molecule has 0 aliphatic rings. The van der Waals surface area contributed by atoms with Crippen LogP contribution in [0.15, 0.2) is 30.5 Å². The van der Waals surface area contributed by atoms with Gasteiger partial charge in [-0.3, -0.25) is 0 Å². The van der Waals surface area contributed by atoms with Crippen molar-refractivity contribution in [2.45, 2.75) is 20.8 Å². The topological polar surface area (TPSA) is 50.2 Å². The maximum atomic E-state index is 10.9. The minimum atomic E-state index is -0.985. The minimum absolute atomic E-state index is 0.117. The number of aryl methyl sites for hydroxylation is 1. The summed E-state index contributed by atoms with van der Waals surface area (Å²) in [5, 5.41) is 10.5. The summed E-state index contributed by atoms with van der Waals surface area (Å²) in [6.45, 7) is 5.93. The second-order valence-electron chi connectivity index (χ2n) is 3.19. The van der Waals surface area contributed by atoms with Crippen LogP contribution in [0, 0.1) is 6.92 Å². The van der Waals surface area contributed by atoms with Crippen molar-refractivity contribution in [2.75, 3.05) is 0 Å². The molecule has 0 bridgehead atoms. The zero-order valence-corrected chi connectivity index (χ0v) is 9.69. The summed E-state index contributed by atoms with van der Waals surface area (Å²) >= 11 is 0. The van der Waals surface area contributed by atoms with Crippen molar-refractivity contribution in [2.24, 2.45) is 0 Å². The number of rotatable bonds is 1. The molecule has 0 fully saturated rings. The predicted octanol–water partition coefficient (Wildman–Crippen LogP) is 3.27. The van der Waals surface area contributed by atoms with Crippen LogP contribution in [0.3, 0.4) is 0 Å². The zero-order chi connectivity index (χ0) is 12.1. The average molecular weight is 217 g/mol. The predicted molar refractivity (Wildman–Crippen MR) is 64.8 cm³/mol. The number of benzene rings is 1. The van der Waals surface area contributed by atoms with E-state index in [1.807, 2.05) is 39.0 Å². The van der Waals surface area contributed by atoms with Crippen LogP contribution >= 0.6 is 0 Å². The van der Waals surface area contributed by atoms with Gasteiger partial charge >= 0.3 is 5.97 Å². The fraction of sp³-hybridized carbons (Fsp3) is 0.231. The van der Waals surface area contributed by atoms with E-state index in [9.17, 15) is 4.79 Å². The molecule has 1 aromatic heterocycles. The molecule has 0 saturated carbocycles. The highest BCUT2D eigenvalue weighted by atomic mass is 16.4. The molecule has 1 aromatic carbocycles. The van der Waals surface area contributed by atoms with Gasteiger partial charge < -0.3 is 5.11 Å². The molecule has 0 radical (unpaired) electrons. The lowest BCUT2D eigenvalue weighted by Gasteiger charge is -2.01. The van der Waals surface area contributed by atoms with Gasteiger partial charge in [0.15, 0.2) is 5.69 Å². The Morgan fingerprint density at radius 1 is 1.25 bits per heavy atom. The van der Waals surface area contributed by atoms with Gasteiger partial charge in [-0.15, -0.1) is 0 Å². The molecule has 1 heterocycles. The maximum Gasteiger partial charge on any atom is 0.355 e. The van der Waals surface area contributed by atoms with Crippen molar-refractivity contribution in [3.63, 3.8) is 0 Å². The minimum Gasteiger partial charge on any atom is -0.476 e. The second-order valence-corrected chi connectivity index (χ2v) is 3.19. The highest BCUT2D eigenvalue weighted by Crippen LogP contribution is 2.18. The molecule has 0 aliphatic carbocycles. The van der Waals surface area contributed by atoms with Gasteiger partial charge in [-0.2, -0.15) is 0 Å². The summed E-state index contributed by atoms with van der Waals surface area (Å²) in [5.74, 6) is -0.985. The number of hydrogen-bond donors (Lipinski definition) is 1. The van der Waals surface area contributed by atoms with Crippen LogP contribution in [0.4, 0.5) is 0 Å². The smallest absolute Gasteiger partial charge is 0.355 e. The molecule has 2 aromatic rings. The van der Waals surface area contributed by atoms with Crippen LogP contribution in [-0.4, -0.2) is 16.1 Å². The van der Waals surface area contributed by atoms with E-state index in [0.29, 0.717) is 5.39 Å². The van der Waals surface area contributed by atoms with Crippen LogP contribution in [0.2, 0.25) is 0 Å². The Morgan fingerprint density at radius 2 is 1.94 bits per heavy atom. The number of carbonyl (C=O) groups is 1. The first-order chi connectivity index (χ1) is 7.68. The number of fused-ring (bicyclic) bond motifs is 1. The van der Waals surface area contributed by atoms with Crippen molar-refractivity contribution in [3.8, 4) is 0 Å². The fourth-order valence-corrected chi connectivity index (χ4v) is 1.45. The summed E-state index contributed by atoms with van der Waals surface area (Å²) in [7, 11) is 0. The first-order valence-corrected chi connectivity index (χ1v) is 5.27. The summed E-state index contributed by atoms with van der Waals surface area (Å²) < 4.78 is 0. The van der Waals surface area contributed by atoms with Gasteiger partial charge in [0, 0.05) is 11.6 Å². The van der Waals surface area contributed by atoms with Crippen molar-refractivity contribution >= 4 is 16.7 Å². The molecule has 0 amide bonds. The van der Waals surface area contributed by atoms with Crippen LogP contribution in [-0.2, 0) is 0 Å². The summed E-state index contributed by atoms with van der Waals surface area (Å²) in [4.78, 5) is 14.7. The first-order valence-electron chi connectivity index (χ1n) is 5.27. The number of carboxylic acid groups (broad SMARTS) is 1. The van der Waals surface area contributed by atoms with E-state index in [1.54, 1.807) is 6.07 Å². The number of hydrogen-bond acceptors (Lipinski definition) is 2. The van der Waals surface area contributed by atoms with Gasteiger partial charge in [0.1, 0.15) is 0 Å². The molecule has 0 aliphatic heterocycles. The lowest BCUT2D eigenvalue weighted by molar-refractivity contribution is 0.0693. The van der Waals surface area contributed by atoms with E-state index in [-0.39, 0.29) is 5.69 Å². The Balaban J connectivity index is 0.000000606. The van der Waals surface area contributed by atoms with E-state index < -0.39 is 5.97 Å². The number of nitrogens with zero attached hydrogens (tertiary/aromatic N) is 1. The lowest BCUT2D eigenvalue weighted by Crippen LogP contribution is -2.00. The Bertz CT molecular complexity index is 506. The fourth-order valence-electron chi connectivity index (χ4n) is 1.45. The molecule has 16 heavy (non-hydrogen) atoms. The molecular formula is C13H15NO2. The van der Waals surface area contributed by atoms with Crippen LogP contribution < -0.4 is 0 Å². The van der Waals surface area contributed by atoms with Crippen molar-refractivity contribution in [1.82, 2.24) is 4.98 Å². The van der Waals surface area contributed by atoms with Crippen LogP contribution in [0.25, 0.3) is 10.8 Å². The molecule has 84 valence electrons. The number of carboxylic acids is 1. The first kappa shape index (κ1) is 12.2. The van der Waals surface area contributed by atoms with E-state index >= 15 is 0 Å². The quantitative estimate of drug-likeness (QED) is 0.797. The molecule has 3 nitrogen and oxygen atoms in total. The van der Waals surface area contributed by atoms with Gasteiger partial charge in [0.05, 0.1) is 0 Å². The molecule has 3 heteroatoms. The highest BCUT2D eigenvalue weighted by Gasteiger charge is 2.08. The maximum absolute atomic E-state index is 10.9. The number of aromatic nitrogens is 1. The third-order valence-corrected chi connectivity index (χ3v) is 2.12. The molecular weight excluding hydrogens is 202 g/mol. The molecule has 0 unspecified atom stereocenters. The average Bonchev–Trinajstić information content (AvgIpc) is 2.30. The molecule has 0 saturated heterocycles. The molecule has 0 spiro atoms. The van der Waals surface area contributed by atoms with Gasteiger partial charge in [0.25, 0.3) is 0 Å². The summed E-state index contributed by atoms with van der Waals surface area (Å²) in [5.41, 5.74) is 1.15. The summed E-state index contributed by atoms with van der Waals surface area (Å²) in [6.07, 6.45) is 1.52. The third-order valence-electron chi connectivity index (χ3n) is 2.12. The molecule has 0 atom stereocenters. The Kier molecular flexibility index (Phi) is 4.00. The van der Waals surface area contributed by atoms with E-state index in [1.165, 1.54) is 6.20 Å². The Hall–Kier alpha value is -1.90. The molecule has 2 rings (SSSR count). The number of pyridine rings is 1.